The second-order valence-corrected chi connectivity index (χ2v) is 6.58. The third-order valence-electron chi connectivity index (χ3n) is 2.13. The molecule has 0 aromatic heterocycles. The molecule has 0 heterocycles. The molecular formula is C12H14Br2O3S. The molecule has 18 heavy (non-hydrogen) atoms. The van der Waals surface area contributed by atoms with Gasteiger partial charge in [0, 0.05) is 0 Å². The molecule has 1 rings (SSSR count). The van der Waals surface area contributed by atoms with Crippen molar-refractivity contribution in [2.45, 2.75) is 13.3 Å². The van der Waals surface area contributed by atoms with E-state index < -0.39 is 5.97 Å². The molecule has 0 aliphatic rings. The van der Waals surface area contributed by atoms with Crippen molar-refractivity contribution < 1.29 is 14.6 Å². The van der Waals surface area contributed by atoms with E-state index in [0.717, 1.165) is 17.9 Å². The lowest BCUT2D eigenvalue weighted by atomic mass is 10.2. The van der Waals surface area contributed by atoms with Crippen molar-refractivity contribution in [1.82, 2.24) is 0 Å². The lowest BCUT2D eigenvalue weighted by molar-refractivity contribution is 0.0696. The SMILES string of the molecule is CCSCCCOc1c(Br)cc(C(=O)O)cc1Br. The smallest absolute Gasteiger partial charge is 0.335 e. The zero-order valence-corrected chi connectivity index (χ0v) is 13.9. The second-order valence-electron chi connectivity index (χ2n) is 3.47. The van der Waals surface area contributed by atoms with Crippen LogP contribution in [0.5, 0.6) is 5.75 Å². The molecule has 0 radical (unpaired) electrons. The van der Waals surface area contributed by atoms with Gasteiger partial charge >= 0.3 is 5.97 Å². The van der Waals surface area contributed by atoms with Crippen molar-refractivity contribution in [2.24, 2.45) is 0 Å². The molecule has 1 N–H and O–H groups in total. The zero-order valence-electron chi connectivity index (χ0n) is 9.91. The van der Waals surface area contributed by atoms with E-state index in [0.29, 0.717) is 21.3 Å². The van der Waals surface area contributed by atoms with Gasteiger partial charge in [-0.05, 0) is 61.9 Å². The van der Waals surface area contributed by atoms with Crippen molar-refractivity contribution in [3.05, 3.63) is 26.6 Å². The number of carboxylic acid groups (broad SMARTS) is 1. The van der Waals surface area contributed by atoms with E-state index in [4.69, 9.17) is 9.84 Å². The maximum atomic E-state index is 10.9. The number of thioether (sulfide) groups is 1. The van der Waals surface area contributed by atoms with Gasteiger partial charge in [0.1, 0.15) is 5.75 Å². The van der Waals surface area contributed by atoms with Gasteiger partial charge in [0.2, 0.25) is 0 Å². The number of carbonyl (C=O) groups is 1. The van der Waals surface area contributed by atoms with Crippen LogP contribution in [0.1, 0.15) is 23.7 Å². The summed E-state index contributed by atoms with van der Waals surface area (Å²) in [5.41, 5.74) is 0.225. The van der Waals surface area contributed by atoms with Crippen LogP contribution < -0.4 is 4.74 Å². The van der Waals surface area contributed by atoms with Crippen molar-refractivity contribution >= 4 is 49.6 Å². The lowest BCUT2D eigenvalue weighted by Gasteiger charge is -2.11. The molecule has 1 aromatic rings. The van der Waals surface area contributed by atoms with Gasteiger partial charge < -0.3 is 9.84 Å². The molecule has 0 aliphatic heterocycles. The Morgan fingerprint density at radius 2 is 2.00 bits per heavy atom. The summed E-state index contributed by atoms with van der Waals surface area (Å²) in [7, 11) is 0. The Kier molecular flexibility index (Phi) is 7.11. The van der Waals surface area contributed by atoms with E-state index in [1.807, 2.05) is 11.8 Å². The highest BCUT2D eigenvalue weighted by atomic mass is 79.9. The summed E-state index contributed by atoms with van der Waals surface area (Å²) in [6, 6.07) is 3.09. The minimum Gasteiger partial charge on any atom is -0.491 e. The highest BCUT2D eigenvalue weighted by Crippen LogP contribution is 2.34. The summed E-state index contributed by atoms with van der Waals surface area (Å²) in [5.74, 6) is 1.88. The molecule has 0 spiro atoms. The fourth-order valence-electron chi connectivity index (χ4n) is 1.30. The summed E-state index contributed by atoms with van der Waals surface area (Å²) in [6.07, 6.45) is 0.970. The summed E-state index contributed by atoms with van der Waals surface area (Å²) < 4.78 is 6.95. The van der Waals surface area contributed by atoms with E-state index in [2.05, 4.69) is 38.8 Å². The number of hydrogen-bond donors (Lipinski definition) is 1. The summed E-state index contributed by atoms with van der Waals surface area (Å²) >= 11 is 8.53. The zero-order chi connectivity index (χ0) is 13.5. The monoisotopic (exact) mass is 396 g/mol. The quantitative estimate of drug-likeness (QED) is 0.691. The first-order valence-electron chi connectivity index (χ1n) is 5.49. The number of carboxylic acids is 1. The third kappa shape index (κ3) is 4.82. The highest BCUT2D eigenvalue weighted by Gasteiger charge is 2.12. The fourth-order valence-corrected chi connectivity index (χ4v) is 3.33. The largest absolute Gasteiger partial charge is 0.491 e. The Morgan fingerprint density at radius 1 is 1.39 bits per heavy atom. The van der Waals surface area contributed by atoms with Gasteiger partial charge in [-0.15, -0.1) is 0 Å². The van der Waals surface area contributed by atoms with Gasteiger partial charge in [-0.3, -0.25) is 0 Å². The lowest BCUT2D eigenvalue weighted by Crippen LogP contribution is -2.02. The molecule has 1 aromatic carbocycles. The minimum absolute atomic E-state index is 0.225. The molecule has 0 fully saturated rings. The van der Waals surface area contributed by atoms with Crippen LogP contribution in [0.3, 0.4) is 0 Å². The number of aromatic carboxylic acids is 1. The Balaban J connectivity index is 2.63. The van der Waals surface area contributed by atoms with Gasteiger partial charge in [0.05, 0.1) is 21.1 Å². The molecule has 0 saturated heterocycles. The van der Waals surface area contributed by atoms with E-state index >= 15 is 0 Å². The Morgan fingerprint density at radius 3 is 2.50 bits per heavy atom. The Bertz CT molecular complexity index is 401. The fraction of sp³-hybridized carbons (Fsp3) is 0.417. The Labute approximate surface area is 128 Å². The molecule has 0 aliphatic carbocycles. The van der Waals surface area contributed by atoms with E-state index in [9.17, 15) is 4.79 Å². The normalized spacial score (nSPS) is 10.4. The van der Waals surface area contributed by atoms with Crippen LogP contribution in [0.15, 0.2) is 21.1 Å². The molecule has 100 valence electrons. The molecule has 3 nitrogen and oxygen atoms in total. The van der Waals surface area contributed by atoms with Gasteiger partial charge in [0.25, 0.3) is 0 Å². The number of rotatable bonds is 7. The first-order chi connectivity index (χ1) is 8.56. The number of halogens is 2. The number of hydrogen-bond acceptors (Lipinski definition) is 3. The molecule has 0 atom stereocenters. The van der Waals surface area contributed by atoms with Gasteiger partial charge in [-0.2, -0.15) is 11.8 Å². The van der Waals surface area contributed by atoms with Crippen LogP contribution in [0.4, 0.5) is 0 Å². The van der Waals surface area contributed by atoms with Gasteiger partial charge in [0.15, 0.2) is 0 Å². The minimum atomic E-state index is -0.956. The van der Waals surface area contributed by atoms with Crippen LogP contribution in [0.25, 0.3) is 0 Å². The predicted octanol–water partition coefficient (Wildman–Crippen LogP) is 4.43. The summed E-state index contributed by atoms with van der Waals surface area (Å²) in [5, 5.41) is 8.91. The highest BCUT2D eigenvalue weighted by molar-refractivity contribution is 9.11. The summed E-state index contributed by atoms with van der Waals surface area (Å²) in [4.78, 5) is 10.9. The topological polar surface area (TPSA) is 46.5 Å². The molecule has 0 amide bonds. The van der Waals surface area contributed by atoms with Crippen molar-refractivity contribution in [1.29, 1.82) is 0 Å². The molecule has 0 bridgehead atoms. The molecule has 6 heteroatoms. The van der Waals surface area contributed by atoms with Crippen molar-refractivity contribution in [2.75, 3.05) is 18.1 Å². The first kappa shape index (κ1) is 15.9. The van der Waals surface area contributed by atoms with E-state index in [1.165, 1.54) is 0 Å². The first-order valence-corrected chi connectivity index (χ1v) is 8.23. The van der Waals surface area contributed by atoms with Gasteiger partial charge in [-0.25, -0.2) is 4.79 Å². The molecule has 0 unspecified atom stereocenters. The molecular weight excluding hydrogens is 384 g/mol. The second kappa shape index (κ2) is 8.07. The van der Waals surface area contributed by atoms with Crippen molar-refractivity contribution in [3.8, 4) is 5.75 Å². The van der Waals surface area contributed by atoms with Crippen LogP contribution in [-0.4, -0.2) is 29.2 Å². The van der Waals surface area contributed by atoms with Gasteiger partial charge in [-0.1, -0.05) is 6.92 Å². The van der Waals surface area contributed by atoms with Crippen LogP contribution in [0, 0.1) is 0 Å². The average molecular weight is 398 g/mol. The van der Waals surface area contributed by atoms with Crippen LogP contribution >= 0.6 is 43.6 Å². The molecule has 0 saturated carbocycles. The summed E-state index contributed by atoms with van der Waals surface area (Å²) in [6.45, 7) is 2.75. The average Bonchev–Trinajstić information content (AvgIpc) is 2.31. The van der Waals surface area contributed by atoms with E-state index in [1.54, 1.807) is 12.1 Å². The third-order valence-corrected chi connectivity index (χ3v) is 4.29. The Hall–Kier alpha value is -0.200. The van der Waals surface area contributed by atoms with Crippen LogP contribution in [0.2, 0.25) is 0 Å². The predicted molar refractivity (Wildman–Crippen MR) is 81.9 cm³/mol. The standard InChI is InChI=1S/C12H14Br2O3S/c1-2-18-5-3-4-17-11-9(13)6-8(12(15)16)7-10(11)14/h6-7H,2-5H2,1H3,(H,15,16). The van der Waals surface area contributed by atoms with Crippen LogP contribution in [-0.2, 0) is 0 Å². The number of ether oxygens (including phenoxy) is 1. The maximum absolute atomic E-state index is 10.9. The van der Waals surface area contributed by atoms with E-state index in [-0.39, 0.29) is 5.56 Å². The maximum Gasteiger partial charge on any atom is 0.335 e. The number of benzene rings is 1. The van der Waals surface area contributed by atoms with Crippen molar-refractivity contribution in [3.63, 3.8) is 0 Å².